The molecule has 1 unspecified atom stereocenters. The van der Waals surface area contributed by atoms with Crippen molar-refractivity contribution in [2.45, 2.75) is 13.0 Å². The number of nitrogens with zero attached hydrogens (tertiary/aromatic N) is 2. The maximum atomic E-state index is 5.71. The summed E-state index contributed by atoms with van der Waals surface area (Å²) in [5.41, 5.74) is 6.88. The Morgan fingerprint density at radius 3 is 2.50 bits per heavy atom. The molecule has 94 valence electrons. The summed E-state index contributed by atoms with van der Waals surface area (Å²) in [6.45, 7) is 2.06. The van der Waals surface area contributed by atoms with Crippen molar-refractivity contribution in [1.82, 2.24) is 9.97 Å². The van der Waals surface area contributed by atoms with Crippen LogP contribution in [-0.2, 0) is 0 Å². The quantitative estimate of drug-likeness (QED) is 0.862. The van der Waals surface area contributed by atoms with Crippen LogP contribution in [0.1, 0.15) is 18.5 Å². The van der Waals surface area contributed by atoms with Crippen molar-refractivity contribution in [3.8, 4) is 0 Å². The minimum Gasteiger partial charge on any atom is -0.383 e. The first-order valence-corrected chi connectivity index (χ1v) is 6.94. The minimum atomic E-state index is 0.128. The number of halogens is 2. The van der Waals surface area contributed by atoms with Crippen LogP contribution in [0.4, 0.5) is 11.6 Å². The Morgan fingerprint density at radius 1 is 1.17 bits per heavy atom. The standard InChI is InChI=1S/C12H12Br2N4/c1-7(8-2-4-9(13)5-3-8)18-12-10(14)11(15)16-6-17-12/h2-7H,1H3,(H3,15,16,17,18). The van der Waals surface area contributed by atoms with Crippen LogP contribution in [0.15, 0.2) is 39.5 Å². The Bertz CT molecular complexity index is 542. The predicted octanol–water partition coefficient (Wildman–Crippen LogP) is 3.76. The summed E-state index contributed by atoms with van der Waals surface area (Å²) in [6.07, 6.45) is 1.44. The topological polar surface area (TPSA) is 63.8 Å². The molecule has 0 fully saturated rings. The van der Waals surface area contributed by atoms with Crippen molar-refractivity contribution in [3.05, 3.63) is 45.1 Å². The molecule has 6 heteroatoms. The molecule has 0 saturated heterocycles. The molecule has 1 heterocycles. The van der Waals surface area contributed by atoms with Crippen molar-refractivity contribution in [1.29, 1.82) is 0 Å². The molecule has 2 aromatic rings. The van der Waals surface area contributed by atoms with Crippen LogP contribution in [0.2, 0.25) is 0 Å². The van der Waals surface area contributed by atoms with Gasteiger partial charge < -0.3 is 11.1 Å². The maximum absolute atomic E-state index is 5.71. The molecule has 2 rings (SSSR count). The highest BCUT2D eigenvalue weighted by molar-refractivity contribution is 9.11. The van der Waals surface area contributed by atoms with Gasteiger partial charge in [-0.05, 0) is 40.5 Å². The van der Waals surface area contributed by atoms with Gasteiger partial charge in [0.05, 0.1) is 0 Å². The molecule has 0 aliphatic rings. The SMILES string of the molecule is CC(Nc1ncnc(N)c1Br)c1ccc(Br)cc1. The molecule has 0 radical (unpaired) electrons. The molecule has 0 spiro atoms. The first-order chi connectivity index (χ1) is 8.58. The van der Waals surface area contributed by atoms with Gasteiger partial charge in [-0.25, -0.2) is 9.97 Å². The number of nitrogen functional groups attached to an aromatic ring is 1. The normalized spacial score (nSPS) is 12.2. The van der Waals surface area contributed by atoms with Crippen molar-refractivity contribution in [2.24, 2.45) is 0 Å². The molecule has 18 heavy (non-hydrogen) atoms. The van der Waals surface area contributed by atoms with E-state index in [2.05, 4.69) is 66.2 Å². The third kappa shape index (κ3) is 3.00. The van der Waals surface area contributed by atoms with Crippen molar-refractivity contribution < 1.29 is 0 Å². The molecule has 0 bridgehead atoms. The largest absolute Gasteiger partial charge is 0.383 e. The van der Waals surface area contributed by atoms with Crippen molar-refractivity contribution in [2.75, 3.05) is 11.1 Å². The van der Waals surface area contributed by atoms with Gasteiger partial charge >= 0.3 is 0 Å². The van der Waals surface area contributed by atoms with Gasteiger partial charge in [-0.3, -0.25) is 0 Å². The van der Waals surface area contributed by atoms with Gasteiger partial charge in [-0.2, -0.15) is 0 Å². The number of hydrogen-bond donors (Lipinski definition) is 2. The first-order valence-electron chi connectivity index (χ1n) is 5.36. The smallest absolute Gasteiger partial charge is 0.146 e. The Hall–Kier alpha value is -1.14. The third-order valence-electron chi connectivity index (χ3n) is 2.54. The molecule has 0 aliphatic carbocycles. The van der Waals surface area contributed by atoms with Crippen molar-refractivity contribution in [3.63, 3.8) is 0 Å². The maximum Gasteiger partial charge on any atom is 0.146 e. The van der Waals surface area contributed by atoms with E-state index < -0.39 is 0 Å². The monoisotopic (exact) mass is 370 g/mol. The fraction of sp³-hybridized carbons (Fsp3) is 0.167. The fourth-order valence-electron chi connectivity index (χ4n) is 1.52. The molecule has 0 saturated carbocycles. The lowest BCUT2D eigenvalue weighted by Crippen LogP contribution is -2.09. The highest BCUT2D eigenvalue weighted by Crippen LogP contribution is 2.27. The summed E-state index contributed by atoms with van der Waals surface area (Å²) < 4.78 is 1.75. The van der Waals surface area contributed by atoms with Crippen LogP contribution < -0.4 is 11.1 Å². The summed E-state index contributed by atoms with van der Waals surface area (Å²) in [5, 5.41) is 3.29. The molecule has 1 aromatic heterocycles. The lowest BCUT2D eigenvalue weighted by molar-refractivity contribution is 0.870. The average molecular weight is 372 g/mol. The number of benzene rings is 1. The second-order valence-electron chi connectivity index (χ2n) is 3.84. The van der Waals surface area contributed by atoms with Gasteiger partial charge in [0.25, 0.3) is 0 Å². The van der Waals surface area contributed by atoms with Gasteiger partial charge in [0.2, 0.25) is 0 Å². The highest BCUT2D eigenvalue weighted by Gasteiger charge is 2.10. The zero-order chi connectivity index (χ0) is 13.1. The minimum absolute atomic E-state index is 0.128. The molecular formula is C12H12Br2N4. The number of nitrogens with two attached hydrogens (primary N) is 1. The highest BCUT2D eigenvalue weighted by atomic mass is 79.9. The lowest BCUT2D eigenvalue weighted by atomic mass is 10.1. The van der Waals surface area contributed by atoms with Gasteiger partial charge in [0, 0.05) is 10.5 Å². The van der Waals surface area contributed by atoms with Crippen LogP contribution >= 0.6 is 31.9 Å². The fourth-order valence-corrected chi connectivity index (χ4v) is 2.11. The predicted molar refractivity (Wildman–Crippen MR) is 80.3 cm³/mol. The second-order valence-corrected chi connectivity index (χ2v) is 5.55. The second kappa shape index (κ2) is 5.67. The number of hydrogen-bond acceptors (Lipinski definition) is 4. The Kier molecular flexibility index (Phi) is 4.19. The number of aromatic nitrogens is 2. The summed E-state index contributed by atoms with van der Waals surface area (Å²) in [6, 6.07) is 8.26. The van der Waals surface area contributed by atoms with E-state index in [4.69, 9.17) is 5.73 Å². The van der Waals surface area contributed by atoms with Gasteiger partial charge in [0.15, 0.2) is 0 Å². The zero-order valence-electron chi connectivity index (χ0n) is 9.69. The van der Waals surface area contributed by atoms with E-state index in [-0.39, 0.29) is 6.04 Å². The Balaban J connectivity index is 2.18. The van der Waals surface area contributed by atoms with Gasteiger partial charge in [0.1, 0.15) is 22.4 Å². The molecule has 0 amide bonds. The summed E-state index contributed by atoms with van der Waals surface area (Å²) >= 11 is 6.79. The lowest BCUT2D eigenvalue weighted by Gasteiger charge is -2.16. The van der Waals surface area contributed by atoms with E-state index in [9.17, 15) is 0 Å². The van der Waals surface area contributed by atoms with Crippen LogP contribution in [0, 0.1) is 0 Å². The average Bonchev–Trinajstić information content (AvgIpc) is 2.36. The summed E-state index contributed by atoms with van der Waals surface area (Å²) in [5.74, 6) is 1.12. The van der Waals surface area contributed by atoms with E-state index in [1.165, 1.54) is 11.9 Å². The summed E-state index contributed by atoms with van der Waals surface area (Å²) in [7, 11) is 0. The van der Waals surface area contributed by atoms with Crippen molar-refractivity contribution >= 4 is 43.5 Å². The third-order valence-corrected chi connectivity index (χ3v) is 3.85. The molecule has 1 atom stereocenters. The number of nitrogens with one attached hydrogen (secondary N) is 1. The molecule has 3 N–H and O–H groups in total. The number of rotatable bonds is 3. The Labute approximate surface area is 122 Å². The number of anilines is 2. The van der Waals surface area contributed by atoms with Crippen LogP contribution in [0.25, 0.3) is 0 Å². The first kappa shape index (κ1) is 13.3. The van der Waals surface area contributed by atoms with Gasteiger partial charge in [-0.1, -0.05) is 28.1 Å². The molecule has 4 nitrogen and oxygen atoms in total. The van der Waals surface area contributed by atoms with E-state index in [1.54, 1.807) is 0 Å². The van der Waals surface area contributed by atoms with Crippen LogP contribution in [0.3, 0.4) is 0 Å². The van der Waals surface area contributed by atoms with E-state index in [0.717, 1.165) is 4.47 Å². The van der Waals surface area contributed by atoms with E-state index in [0.29, 0.717) is 16.1 Å². The van der Waals surface area contributed by atoms with Gasteiger partial charge in [-0.15, -0.1) is 0 Å². The molecule has 1 aromatic carbocycles. The summed E-state index contributed by atoms with van der Waals surface area (Å²) in [4.78, 5) is 8.07. The Morgan fingerprint density at radius 2 is 1.83 bits per heavy atom. The van der Waals surface area contributed by atoms with Crippen LogP contribution in [-0.4, -0.2) is 9.97 Å². The molecule has 0 aliphatic heterocycles. The van der Waals surface area contributed by atoms with E-state index in [1.807, 2.05) is 12.1 Å². The van der Waals surface area contributed by atoms with E-state index >= 15 is 0 Å². The molecular weight excluding hydrogens is 360 g/mol. The van der Waals surface area contributed by atoms with Crippen LogP contribution in [0.5, 0.6) is 0 Å². The zero-order valence-corrected chi connectivity index (χ0v) is 12.9.